The summed E-state index contributed by atoms with van der Waals surface area (Å²) in [6.07, 6.45) is 6.41. The number of hydrogen-bond donors (Lipinski definition) is 6. The zero-order valence-corrected chi connectivity index (χ0v) is 36.0. The summed E-state index contributed by atoms with van der Waals surface area (Å²) in [5, 5.41) is 16.6. The second-order valence-electron chi connectivity index (χ2n) is 14.7. The second kappa shape index (κ2) is 20.0. The Morgan fingerprint density at radius 2 is 0.719 bits per heavy atom. The van der Waals surface area contributed by atoms with Crippen molar-refractivity contribution in [3.8, 4) is 0 Å². The summed E-state index contributed by atoms with van der Waals surface area (Å²) in [5.74, 6) is -2.60. The predicted octanol–water partition coefficient (Wildman–Crippen LogP) is 5.91. The number of nitrogens with one attached hydrogen (secondary N) is 6. The van der Waals surface area contributed by atoms with Gasteiger partial charge in [0.05, 0.1) is 48.8 Å². The number of urea groups is 1. The van der Waals surface area contributed by atoms with E-state index < -0.39 is 29.7 Å². The fourth-order valence-corrected chi connectivity index (χ4v) is 6.78. The van der Waals surface area contributed by atoms with Gasteiger partial charge >= 0.3 is 18.0 Å². The summed E-state index contributed by atoms with van der Waals surface area (Å²) in [5.41, 5.74) is 4.63. The fraction of sp³-hybridized carbons (Fsp3) is 0.222. The minimum Gasteiger partial charge on any atom is -0.466 e. The lowest BCUT2D eigenvalue weighted by molar-refractivity contribution is -0.143. The van der Waals surface area contributed by atoms with Crippen molar-refractivity contribution in [2.75, 3.05) is 45.1 Å². The molecule has 19 heteroatoms. The van der Waals surface area contributed by atoms with E-state index in [1.165, 1.54) is 33.4 Å². The first-order valence-electron chi connectivity index (χ1n) is 20.1. The Bertz CT molecular complexity index is 2570. The molecule has 0 aliphatic rings. The zero-order chi connectivity index (χ0) is 46.1. The van der Waals surface area contributed by atoms with Crippen LogP contribution in [0.15, 0.2) is 97.6 Å². The lowest BCUT2D eigenvalue weighted by Crippen LogP contribution is -2.18. The molecule has 4 aromatic heterocycles. The van der Waals surface area contributed by atoms with E-state index in [2.05, 4.69) is 31.9 Å². The first-order chi connectivity index (χ1) is 30.6. The molecule has 6 aromatic rings. The normalized spacial score (nSPS) is 10.7. The van der Waals surface area contributed by atoms with E-state index in [0.717, 1.165) is 0 Å². The van der Waals surface area contributed by atoms with Crippen LogP contribution in [0.5, 0.6) is 0 Å². The van der Waals surface area contributed by atoms with Crippen molar-refractivity contribution < 1.29 is 43.0 Å². The van der Waals surface area contributed by atoms with Crippen LogP contribution in [0.1, 0.15) is 66.9 Å². The highest BCUT2D eigenvalue weighted by molar-refractivity contribution is 6.09. The first kappa shape index (κ1) is 45.2. The molecule has 0 fully saturated rings. The molecule has 0 atom stereocenters. The number of aryl methyl sites for hydroxylation is 4. The van der Waals surface area contributed by atoms with E-state index in [-0.39, 0.29) is 60.8 Å². The first-order valence-corrected chi connectivity index (χ1v) is 20.1. The molecule has 6 N–H and O–H groups in total. The molecule has 6 rings (SSSR count). The van der Waals surface area contributed by atoms with Gasteiger partial charge in [0.25, 0.3) is 23.6 Å². The number of anilines is 6. The Morgan fingerprint density at radius 3 is 1.03 bits per heavy atom. The second-order valence-corrected chi connectivity index (χ2v) is 14.7. The quantitative estimate of drug-likeness (QED) is 0.0635. The number of rotatable bonds is 16. The average Bonchev–Trinajstić information content (AvgIpc) is 3.99. The van der Waals surface area contributed by atoms with Gasteiger partial charge in [-0.05, 0) is 73.5 Å². The number of amides is 6. The molecule has 0 spiro atoms. The number of hydrogen-bond acceptors (Lipinski definition) is 9. The largest absolute Gasteiger partial charge is 0.466 e. The van der Waals surface area contributed by atoms with E-state index in [1.807, 2.05) is 0 Å². The molecule has 0 radical (unpaired) electrons. The Balaban J connectivity index is 1.01. The minimum atomic E-state index is -0.634. The minimum absolute atomic E-state index is 0.0670. The maximum absolute atomic E-state index is 13.3. The lowest BCUT2D eigenvalue weighted by Gasteiger charge is -2.08. The third kappa shape index (κ3) is 11.5. The molecular weight excluding hydrogens is 825 g/mol. The van der Waals surface area contributed by atoms with Crippen LogP contribution in [0.3, 0.4) is 0 Å². The van der Waals surface area contributed by atoms with Gasteiger partial charge in [0, 0.05) is 64.4 Å². The number of esters is 2. The van der Waals surface area contributed by atoms with Crippen molar-refractivity contribution in [2.24, 2.45) is 28.2 Å². The molecule has 19 nitrogen and oxygen atoms in total. The fourth-order valence-electron chi connectivity index (χ4n) is 6.78. The molecule has 4 heterocycles. The van der Waals surface area contributed by atoms with Crippen LogP contribution in [0.4, 0.5) is 38.9 Å². The highest BCUT2D eigenvalue weighted by atomic mass is 16.5. The van der Waals surface area contributed by atoms with Gasteiger partial charge in [-0.2, -0.15) is 0 Å². The van der Waals surface area contributed by atoms with Gasteiger partial charge in [0.2, 0.25) is 0 Å². The molecule has 0 unspecified atom stereocenters. The number of carbonyl (C=O) groups excluding carboxylic acids is 7. The number of nitrogens with zero attached hydrogens (tertiary/aromatic N) is 4. The smallest absolute Gasteiger partial charge is 0.323 e. The third-order valence-corrected chi connectivity index (χ3v) is 9.66. The van der Waals surface area contributed by atoms with Crippen molar-refractivity contribution in [1.82, 2.24) is 18.3 Å². The van der Waals surface area contributed by atoms with Crippen molar-refractivity contribution in [1.29, 1.82) is 0 Å². The van der Waals surface area contributed by atoms with Gasteiger partial charge in [-0.25, -0.2) is 4.79 Å². The maximum atomic E-state index is 13.3. The third-order valence-electron chi connectivity index (χ3n) is 9.66. The van der Waals surface area contributed by atoms with E-state index in [0.29, 0.717) is 45.3 Å². The van der Waals surface area contributed by atoms with Crippen LogP contribution in [0.25, 0.3) is 0 Å². The van der Waals surface area contributed by atoms with Crippen LogP contribution < -0.4 is 31.9 Å². The molecule has 0 saturated heterocycles. The standard InChI is InChI=1S/C45H48N10O9/c1-7-63-39(56)17-27-11-9-13-29(15-27)46-41(58)35-19-31(23-52(35)3)48-43(60)37-21-33(25-54(37)5)50-45(62)51-34-22-38(55(6)26-34)44(61)49-32-20-36(53(4)24-32)42(59)47-30-14-10-12-28(16-30)18-40(57)64-8-2/h9-16,19-26H,7-8,17-18H2,1-6H3,(H,46,58)(H,47,59)(H,48,60)(H,49,61)(H2,50,51,62). The molecule has 64 heavy (non-hydrogen) atoms. The molecule has 0 aliphatic carbocycles. The summed E-state index contributed by atoms with van der Waals surface area (Å²) in [4.78, 5) is 89.8. The van der Waals surface area contributed by atoms with E-state index in [9.17, 15) is 33.6 Å². The molecule has 332 valence electrons. The van der Waals surface area contributed by atoms with E-state index in [1.54, 1.807) is 124 Å². The molecule has 2 aromatic carbocycles. The molecule has 0 bridgehead atoms. The molecule has 0 saturated carbocycles. The summed E-state index contributed by atoms with van der Waals surface area (Å²) in [7, 11) is 6.59. The van der Waals surface area contributed by atoms with Gasteiger partial charge in [-0.15, -0.1) is 0 Å². The number of carbonyl (C=O) groups is 7. The van der Waals surface area contributed by atoms with Gasteiger partial charge < -0.3 is 59.6 Å². The van der Waals surface area contributed by atoms with Crippen LogP contribution in [-0.2, 0) is 60.1 Å². The van der Waals surface area contributed by atoms with Gasteiger partial charge in [0.15, 0.2) is 0 Å². The van der Waals surface area contributed by atoms with Gasteiger partial charge in [0.1, 0.15) is 22.8 Å². The highest BCUT2D eigenvalue weighted by Gasteiger charge is 2.20. The lowest BCUT2D eigenvalue weighted by atomic mass is 10.1. The van der Waals surface area contributed by atoms with Crippen molar-refractivity contribution in [3.63, 3.8) is 0 Å². The summed E-state index contributed by atoms with van der Waals surface area (Å²) >= 11 is 0. The number of ether oxygens (including phenoxy) is 2. The average molecular weight is 873 g/mol. The van der Waals surface area contributed by atoms with Gasteiger partial charge in [-0.1, -0.05) is 24.3 Å². The van der Waals surface area contributed by atoms with Crippen LogP contribution in [0.2, 0.25) is 0 Å². The molecule has 6 amide bonds. The number of benzene rings is 2. The van der Waals surface area contributed by atoms with Crippen molar-refractivity contribution in [3.05, 3.63) is 131 Å². The SMILES string of the molecule is CCOC(=O)Cc1cccc(NC(=O)c2cc(NC(=O)c3cc(NC(=O)Nc4cc(C(=O)Nc5cc(C(=O)Nc6cccc(CC(=O)OCC)c6)n(C)c5)n(C)c4)cn3C)cn2C)c1. The summed E-state index contributed by atoms with van der Waals surface area (Å²) in [6, 6.07) is 19.1. The zero-order valence-electron chi connectivity index (χ0n) is 36.0. The van der Waals surface area contributed by atoms with E-state index in [4.69, 9.17) is 9.47 Å². The maximum Gasteiger partial charge on any atom is 0.323 e. The Labute approximate surface area is 367 Å². The van der Waals surface area contributed by atoms with Crippen molar-refractivity contribution in [2.45, 2.75) is 26.7 Å². The van der Waals surface area contributed by atoms with Crippen molar-refractivity contribution >= 4 is 75.7 Å². The highest BCUT2D eigenvalue weighted by Crippen LogP contribution is 2.22. The molecular formula is C45H48N10O9. The van der Waals surface area contributed by atoms with Crippen LogP contribution in [-0.4, -0.2) is 73.1 Å². The summed E-state index contributed by atoms with van der Waals surface area (Å²) < 4.78 is 16.2. The predicted molar refractivity (Wildman–Crippen MR) is 240 cm³/mol. The monoisotopic (exact) mass is 872 g/mol. The topological polar surface area (TPSA) is 230 Å². The van der Waals surface area contributed by atoms with Crippen LogP contribution >= 0.6 is 0 Å². The van der Waals surface area contributed by atoms with E-state index >= 15 is 0 Å². The number of aromatic nitrogens is 4. The van der Waals surface area contributed by atoms with Crippen LogP contribution in [0, 0.1) is 0 Å². The van der Waals surface area contributed by atoms with Gasteiger partial charge in [-0.3, -0.25) is 28.8 Å². The molecule has 0 aliphatic heterocycles. The summed E-state index contributed by atoms with van der Waals surface area (Å²) in [6.45, 7) is 4.00. The Kier molecular flexibility index (Phi) is 14.1. The Hall–Kier alpha value is -8.35. The Morgan fingerprint density at radius 1 is 0.422 bits per heavy atom.